The zero-order valence-electron chi connectivity index (χ0n) is 22.6. The molecule has 8 heteroatoms. The first-order valence-corrected chi connectivity index (χ1v) is 13.8. The first kappa shape index (κ1) is 25.2. The number of hydrogen-bond donors (Lipinski definition) is 1. The number of aliphatic hydroxyl groups is 1. The van der Waals surface area contributed by atoms with E-state index in [-0.39, 0.29) is 17.2 Å². The molecule has 2 aromatic heterocycles. The van der Waals surface area contributed by atoms with E-state index in [1.807, 2.05) is 11.0 Å². The fraction of sp³-hybridized carbons (Fsp3) is 0.533. The normalized spacial score (nSPS) is 21.9. The average molecular weight is 516 g/mol. The first-order chi connectivity index (χ1) is 18.3. The minimum atomic E-state index is -1.22. The van der Waals surface area contributed by atoms with Gasteiger partial charge in [-0.25, -0.2) is 0 Å². The number of piperidine rings is 1. The highest BCUT2D eigenvalue weighted by molar-refractivity contribution is 5.73. The van der Waals surface area contributed by atoms with Gasteiger partial charge in [0.1, 0.15) is 5.60 Å². The molecule has 6 rings (SSSR count). The van der Waals surface area contributed by atoms with Gasteiger partial charge in [-0.2, -0.15) is 4.98 Å². The summed E-state index contributed by atoms with van der Waals surface area (Å²) in [7, 11) is 2.08. The Morgan fingerprint density at radius 2 is 1.76 bits per heavy atom. The molecule has 1 atom stereocenters. The Bertz CT molecular complexity index is 1300. The summed E-state index contributed by atoms with van der Waals surface area (Å²) < 4.78 is 5.67. The van der Waals surface area contributed by atoms with Crippen LogP contribution in [0, 0.1) is 5.41 Å². The Morgan fingerprint density at radius 3 is 2.37 bits per heavy atom. The van der Waals surface area contributed by atoms with Crippen LogP contribution < -0.4 is 0 Å². The van der Waals surface area contributed by atoms with Crippen molar-refractivity contribution in [1.82, 2.24) is 24.9 Å². The van der Waals surface area contributed by atoms with Gasteiger partial charge in [0.25, 0.3) is 0 Å². The van der Waals surface area contributed by atoms with Crippen LogP contribution in [-0.4, -0.2) is 69.2 Å². The molecule has 1 aliphatic carbocycles. The highest BCUT2D eigenvalue weighted by atomic mass is 16.5. The van der Waals surface area contributed by atoms with Gasteiger partial charge in [-0.05, 0) is 55.8 Å². The lowest BCUT2D eigenvalue weighted by Gasteiger charge is -2.55. The smallest absolute Gasteiger partial charge is 0.230 e. The van der Waals surface area contributed by atoms with Crippen molar-refractivity contribution in [3.05, 3.63) is 65.3 Å². The highest BCUT2D eigenvalue weighted by Crippen LogP contribution is 2.50. The molecule has 38 heavy (non-hydrogen) atoms. The molecule has 0 radical (unpaired) electrons. The van der Waals surface area contributed by atoms with E-state index >= 15 is 0 Å². The largest absolute Gasteiger partial charge is 0.380 e. The van der Waals surface area contributed by atoms with Crippen molar-refractivity contribution in [2.45, 2.75) is 63.4 Å². The summed E-state index contributed by atoms with van der Waals surface area (Å²) in [6, 6.07) is 10.5. The van der Waals surface area contributed by atoms with Gasteiger partial charge < -0.3 is 19.4 Å². The lowest BCUT2D eigenvalue weighted by atomic mass is 9.62. The van der Waals surface area contributed by atoms with Gasteiger partial charge in [-0.1, -0.05) is 42.8 Å². The van der Waals surface area contributed by atoms with Crippen LogP contribution in [0.4, 0.5) is 0 Å². The highest BCUT2D eigenvalue weighted by Gasteiger charge is 2.55. The molecule has 0 spiro atoms. The lowest BCUT2D eigenvalue weighted by molar-refractivity contribution is -0.129. The Balaban J connectivity index is 1.30. The predicted octanol–water partition coefficient (Wildman–Crippen LogP) is 4.31. The predicted molar refractivity (Wildman–Crippen MR) is 143 cm³/mol. The van der Waals surface area contributed by atoms with Crippen LogP contribution in [0.2, 0.25) is 0 Å². The molecule has 3 aliphatic rings. The van der Waals surface area contributed by atoms with Crippen LogP contribution >= 0.6 is 0 Å². The summed E-state index contributed by atoms with van der Waals surface area (Å²) in [5.74, 6) is 1.97. The number of amides is 1. The molecular formula is C30H37N5O3. The van der Waals surface area contributed by atoms with E-state index in [4.69, 9.17) is 9.51 Å². The zero-order chi connectivity index (χ0) is 26.5. The number of nitrogens with zero attached hydrogens (tertiary/aromatic N) is 5. The summed E-state index contributed by atoms with van der Waals surface area (Å²) in [5, 5.41) is 16.8. The Hall–Kier alpha value is -3.10. The fourth-order valence-corrected chi connectivity index (χ4v) is 6.70. The first-order valence-electron chi connectivity index (χ1n) is 13.8. The van der Waals surface area contributed by atoms with Crippen LogP contribution in [0.3, 0.4) is 0 Å². The molecule has 1 unspecified atom stereocenters. The van der Waals surface area contributed by atoms with Crippen LogP contribution in [0.5, 0.6) is 0 Å². The Kier molecular flexibility index (Phi) is 6.35. The van der Waals surface area contributed by atoms with Gasteiger partial charge in [0.2, 0.25) is 17.6 Å². The van der Waals surface area contributed by atoms with E-state index in [1.165, 1.54) is 24.8 Å². The Labute approximate surface area is 224 Å². The molecule has 1 N–H and O–H groups in total. The molecule has 0 bridgehead atoms. The van der Waals surface area contributed by atoms with Gasteiger partial charge >= 0.3 is 0 Å². The van der Waals surface area contributed by atoms with Crippen molar-refractivity contribution < 1.29 is 14.4 Å². The van der Waals surface area contributed by atoms with E-state index < -0.39 is 5.60 Å². The third-order valence-corrected chi connectivity index (χ3v) is 9.16. The van der Waals surface area contributed by atoms with Crippen molar-refractivity contribution in [1.29, 1.82) is 0 Å². The van der Waals surface area contributed by atoms with E-state index in [1.54, 1.807) is 19.3 Å². The Morgan fingerprint density at radius 1 is 1.05 bits per heavy atom. The van der Waals surface area contributed by atoms with Crippen LogP contribution in [0.15, 0.2) is 47.2 Å². The molecule has 3 aromatic rings. The van der Waals surface area contributed by atoms with Crippen molar-refractivity contribution in [2.75, 3.05) is 33.2 Å². The molecular weight excluding hydrogens is 478 g/mol. The monoisotopic (exact) mass is 515 g/mol. The van der Waals surface area contributed by atoms with Gasteiger partial charge in [0, 0.05) is 68.0 Å². The van der Waals surface area contributed by atoms with E-state index in [9.17, 15) is 9.90 Å². The van der Waals surface area contributed by atoms with Gasteiger partial charge in [0.05, 0.1) is 0 Å². The maximum atomic E-state index is 12.5. The molecule has 8 nitrogen and oxygen atoms in total. The average Bonchev–Trinajstić information content (AvgIpc) is 3.37. The quantitative estimate of drug-likeness (QED) is 0.523. The SMILES string of the molecule is CC(=O)N1CCC(c2nc(-c3cncc(C(O)(c4ccc(C5CCC5)cc4)C4(C)CN(C)C4)c3)no2)CC1. The third kappa shape index (κ3) is 4.24. The van der Waals surface area contributed by atoms with Crippen LogP contribution in [0.1, 0.15) is 80.4 Å². The second-order valence-corrected chi connectivity index (χ2v) is 11.9. The molecule has 3 fully saturated rings. The lowest BCUT2D eigenvalue weighted by Crippen LogP contribution is -2.63. The van der Waals surface area contributed by atoms with Crippen LogP contribution in [-0.2, 0) is 10.4 Å². The molecule has 4 heterocycles. The number of pyridine rings is 1. The summed E-state index contributed by atoms with van der Waals surface area (Å²) in [5.41, 5.74) is 2.13. The maximum Gasteiger partial charge on any atom is 0.230 e. The summed E-state index contributed by atoms with van der Waals surface area (Å²) >= 11 is 0. The van der Waals surface area contributed by atoms with Crippen molar-refractivity contribution in [2.24, 2.45) is 5.41 Å². The number of likely N-dealkylation sites (tertiary alicyclic amines) is 2. The minimum Gasteiger partial charge on any atom is -0.380 e. The minimum absolute atomic E-state index is 0.106. The molecule has 1 amide bonds. The number of carbonyl (C=O) groups is 1. The number of aromatic nitrogens is 3. The van der Waals surface area contributed by atoms with Crippen molar-refractivity contribution in [3.63, 3.8) is 0 Å². The zero-order valence-corrected chi connectivity index (χ0v) is 22.6. The fourth-order valence-electron chi connectivity index (χ4n) is 6.70. The molecule has 1 aromatic carbocycles. The standard InChI is InChI=1S/C30H37N5O3/c1-20(36)35-13-11-23(12-14-35)28-32-27(33-38-28)24-15-26(17-31-16-24)30(37,29(2)18-34(3)19-29)25-9-7-22(8-10-25)21-5-4-6-21/h7-10,15-17,21,23,37H,4-6,11-14,18-19H2,1-3H3. The number of benzene rings is 1. The summed E-state index contributed by atoms with van der Waals surface area (Å²) in [6.07, 6.45) is 8.91. The van der Waals surface area contributed by atoms with Crippen molar-refractivity contribution >= 4 is 5.91 Å². The number of hydrogen-bond acceptors (Lipinski definition) is 7. The van der Waals surface area contributed by atoms with E-state index in [0.29, 0.717) is 30.7 Å². The van der Waals surface area contributed by atoms with E-state index in [2.05, 4.69) is 53.3 Å². The number of rotatable bonds is 6. The topological polar surface area (TPSA) is 95.6 Å². The molecule has 1 saturated carbocycles. The second-order valence-electron chi connectivity index (χ2n) is 11.9. The van der Waals surface area contributed by atoms with Gasteiger partial charge in [-0.3, -0.25) is 9.78 Å². The molecule has 200 valence electrons. The van der Waals surface area contributed by atoms with Crippen molar-refractivity contribution in [3.8, 4) is 11.4 Å². The summed E-state index contributed by atoms with van der Waals surface area (Å²) in [4.78, 5) is 25.0. The molecule has 2 aliphatic heterocycles. The maximum absolute atomic E-state index is 12.5. The van der Waals surface area contributed by atoms with E-state index in [0.717, 1.165) is 42.6 Å². The number of carbonyl (C=O) groups excluding carboxylic acids is 1. The second kappa shape index (κ2) is 9.58. The van der Waals surface area contributed by atoms with Gasteiger partial charge in [0.15, 0.2) is 0 Å². The van der Waals surface area contributed by atoms with Crippen LogP contribution in [0.25, 0.3) is 11.4 Å². The molecule has 2 saturated heterocycles. The third-order valence-electron chi connectivity index (χ3n) is 9.16. The summed E-state index contributed by atoms with van der Waals surface area (Å²) in [6.45, 7) is 6.73. The van der Waals surface area contributed by atoms with Gasteiger partial charge in [-0.15, -0.1) is 0 Å².